The van der Waals surface area contributed by atoms with E-state index in [1.54, 1.807) is 18.3 Å². The minimum atomic E-state index is -0.439. The van der Waals surface area contributed by atoms with Crippen LogP contribution in [-0.2, 0) is 0 Å². The molecule has 0 unspecified atom stereocenters. The average Bonchev–Trinajstić information content (AvgIpc) is 2.77. The number of hydrogen-bond donors (Lipinski definition) is 2. The SMILES string of the molecule is O=c1cc[nH]c(=O)n1-c1cccc2[nH]ccc12. The van der Waals surface area contributed by atoms with E-state index in [-0.39, 0.29) is 5.56 Å². The zero-order valence-corrected chi connectivity index (χ0v) is 8.81. The smallest absolute Gasteiger partial charge is 0.333 e. The quantitative estimate of drug-likeness (QED) is 0.651. The van der Waals surface area contributed by atoms with Gasteiger partial charge in [-0.15, -0.1) is 0 Å². The summed E-state index contributed by atoms with van der Waals surface area (Å²) in [5.74, 6) is 0. The van der Waals surface area contributed by atoms with Gasteiger partial charge in [0.2, 0.25) is 0 Å². The molecule has 5 nitrogen and oxygen atoms in total. The summed E-state index contributed by atoms with van der Waals surface area (Å²) < 4.78 is 1.12. The van der Waals surface area contributed by atoms with Gasteiger partial charge >= 0.3 is 5.69 Å². The first-order valence-corrected chi connectivity index (χ1v) is 5.14. The maximum Gasteiger partial charge on any atom is 0.333 e. The number of H-pyrrole nitrogens is 2. The van der Waals surface area contributed by atoms with Crippen molar-refractivity contribution < 1.29 is 0 Å². The molecule has 1 aromatic carbocycles. The molecule has 0 saturated heterocycles. The zero-order valence-electron chi connectivity index (χ0n) is 8.81. The van der Waals surface area contributed by atoms with Crippen LogP contribution in [-0.4, -0.2) is 14.5 Å². The molecule has 0 bridgehead atoms. The molecule has 84 valence electrons. The molecule has 0 spiro atoms. The summed E-state index contributed by atoms with van der Waals surface area (Å²) in [6, 6.07) is 8.59. The molecule has 5 heteroatoms. The van der Waals surface area contributed by atoms with Crippen molar-refractivity contribution in [1.29, 1.82) is 0 Å². The highest BCUT2D eigenvalue weighted by Gasteiger charge is 2.07. The van der Waals surface area contributed by atoms with Gasteiger partial charge in [0.1, 0.15) is 0 Å². The molecule has 2 N–H and O–H groups in total. The van der Waals surface area contributed by atoms with Crippen LogP contribution in [0.25, 0.3) is 16.6 Å². The van der Waals surface area contributed by atoms with Crippen molar-refractivity contribution in [3.05, 3.63) is 63.6 Å². The van der Waals surface area contributed by atoms with Crippen molar-refractivity contribution in [1.82, 2.24) is 14.5 Å². The molecule has 17 heavy (non-hydrogen) atoms. The van der Waals surface area contributed by atoms with Crippen LogP contribution in [0.4, 0.5) is 0 Å². The summed E-state index contributed by atoms with van der Waals surface area (Å²) in [5, 5.41) is 0.839. The monoisotopic (exact) mass is 227 g/mol. The summed E-state index contributed by atoms with van der Waals surface area (Å²) in [6.45, 7) is 0. The molecule has 0 aliphatic rings. The van der Waals surface area contributed by atoms with Gasteiger partial charge in [0, 0.05) is 29.4 Å². The Balaban J connectivity index is 2.47. The molecule has 3 aromatic rings. The van der Waals surface area contributed by atoms with E-state index in [2.05, 4.69) is 9.97 Å². The van der Waals surface area contributed by atoms with Crippen LogP contribution in [0, 0.1) is 0 Å². The maximum absolute atomic E-state index is 11.7. The Labute approximate surface area is 95.4 Å². The lowest BCUT2D eigenvalue weighted by molar-refractivity contribution is 0.882. The number of hydrogen-bond acceptors (Lipinski definition) is 2. The van der Waals surface area contributed by atoms with E-state index >= 15 is 0 Å². The lowest BCUT2D eigenvalue weighted by atomic mass is 10.2. The van der Waals surface area contributed by atoms with Gasteiger partial charge in [-0.25, -0.2) is 9.36 Å². The second kappa shape index (κ2) is 3.48. The van der Waals surface area contributed by atoms with Crippen LogP contribution >= 0.6 is 0 Å². The Kier molecular flexibility index (Phi) is 1.98. The lowest BCUT2D eigenvalue weighted by Crippen LogP contribution is -2.32. The molecule has 3 rings (SSSR count). The first kappa shape index (κ1) is 9.65. The first-order valence-electron chi connectivity index (χ1n) is 5.14. The summed E-state index contributed by atoms with van der Waals surface area (Å²) in [4.78, 5) is 29.0. The van der Waals surface area contributed by atoms with Gasteiger partial charge in [0.25, 0.3) is 5.56 Å². The normalized spacial score (nSPS) is 10.8. The molecule has 2 aromatic heterocycles. The first-order chi connectivity index (χ1) is 8.27. The van der Waals surface area contributed by atoms with Crippen LogP contribution < -0.4 is 11.2 Å². The summed E-state index contributed by atoms with van der Waals surface area (Å²) in [6.07, 6.45) is 3.12. The van der Waals surface area contributed by atoms with Gasteiger partial charge in [-0.3, -0.25) is 4.79 Å². The number of aromatic amines is 2. The molecule has 2 heterocycles. The highest BCUT2D eigenvalue weighted by Crippen LogP contribution is 2.18. The van der Waals surface area contributed by atoms with Gasteiger partial charge < -0.3 is 9.97 Å². The van der Waals surface area contributed by atoms with E-state index in [0.29, 0.717) is 5.69 Å². The third kappa shape index (κ3) is 1.40. The van der Waals surface area contributed by atoms with Crippen molar-refractivity contribution in [2.75, 3.05) is 0 Å². The summed E-state index contributed by atoms with van der Waals surface area (Å²) in [7, 11) is 0. The molecule has 0 radical (unpaired) electrons. The van der Waals surface area contributed by atoms with E-state index < -0.39 is 5.69 Å². The maximum atomic E-state index is 11.7. The van der Waals surface area contributed by atoms with E-state index in [0.717, 1.165) is 15.5 Å². The Morgan fingerprint density at radius 1 is 0.941 bits per heavy atom. The molecular formula is C12H9N3O2. The van der Waals surface area contributed by atoms with Gasteiger partial charge in [0.15, 0.2) is 0 Å². The van der Waals surface area contributed by atoms with Crippen LogP contribution in [0.3, 0.4) is 0 Å². The second-order valence-corrected chi connectivity index (χ2v) is 3.67. The van der Waals surface area contributed by atoms with Gasteiger partial charge in [-0.05, 0) is 18.2 Å². The predicted octanol–water partition coefficient (Wildman–Crippen LogP) is 1.01. The number of nitrogens with one attached hydrogen (secondary N) is 2. The summed E-state index contributed by atoms with van der Waals surface area (Å²) >= 11 is 0. The molecule has 0 saturated carbocycles. The third-order valence-corrected chi connectivity index (χ3v) is 2.67. The lowest BCUT2D eigenvalue weighted by Gasteiger charge is -2.04. The van der Waals surface area contributed by atoms with Crippen molar-refractivity contribution in [3.8, 4) is 5.69 Å². The largest absolute Gasteiger partial charge is 0.361 e. The molecule has 0 amide bonds. The summed E-state index contributed by atoms with van der Waals surface area (Å²) in [5.41, 5.74) is 0.682. The minimum Gasteiger partial charge on any atom is -0.361 e. The number of aromatic nitrogens is 3. The van der Waals surface area contributed by atoms with Crippen LogP contribution in [0.15, 0.2) is 52.3 Å². The highest BCUT2D eigenvalue weighted by molar-refractivity contribution is 5.87. The van der Waals surface area contributed by atoms with Crippen LogP contribution in [0.5, 0.6) is 0 Å². The number of nitrogens with zero attached hydrogens (tertiary/aromatic N) is 1. The van der Waals surface area contributed by atoms with E-state index in [9.17, 15) is 9.59 Å². The van der Waals surface area contributed by atoms with Crippen molar-refractivity contribution in [3.63, 3.8) is 0 Å². The number of rotatable bonds is 1. The molecule has 0 aliphatic carbocycles. The topological polar surface area (TPSA) is 70.7 Å². The Bertz CT molecular complexity index is 767. The predicted molar refractivity (Wildman–Crippen MR) is 64.5 cm³/mol. The van der Waals surface area contributed by atoms with E-state index in [4.69, 9.17) is 0 Å². The van der Waals surface area contributed by atoms with Gasteiger partial charge in [0.05, 0.1) is 5.69 Å². The molecular weight excluding hydrogens is 218 g/mol. The standard InChI is InChI=1S/C12H9N3O2/c16-11-5-7-14-12(17)15(11)10-3-1-2-9-8(10)4-6-13-9/h1-7,13H,(H,14,17). The fourth-order valence-corrected chi connectivity index (χ4v) is 1.92. The molecule has 0 fully saturated rings. The van der Waals surface area contributed by atoms with E-state index in [1.807, 2.05) is 12.1 Å². The second-order valence-electron chi connectivity index (χ2n) is 3.67. The fourth-order valence-electron chi connectivity index (χ4n) is 1.92. The Hall–Kier alpha value is -2.56. The fraction of sp³-hybridized carbons (Fsp3) is 0. The van der Waals surface area contributed by atoms with Crippen molar-refractivity contribution >= 4 is 10.9 Å². The van der Waals surface area contributed by atoms with Gasteiger partial charge in [-0.2, -0.15) is 0 Å². The Morgan fingerprint density at radius 3 is 2.59 bits per heavy atom. The minimum absolute atomic E-state index is 0.345. The van der Waals surface area contributed by atoms with Crippen LogP contribution in [0.1, 0.15) is 0 Å². The average molecular weight is 227 g/mol. The Morgan fingerprint density at radius 2 is 1.76 bits per heavy atom. The number of fused-ring (bicyclic) bond motifs is 1. The van der Waals surface area contributed by atoms with Crippen molar-refractivity contribution in [2.45, 2.75) is 0 Å². The molecule has 0 aliphatic heterocycles. The number of benzene rings is 1. The third-order valence-electron chi connectivity index (χ3n) is 2.67. The zero-order chi connectivity index (χ0) is 11.8. The van der Waals surface area contributed by atoms with E-state index in [1.165, 1.54) is 12.3 Å². The van der Waals surface area contributed by atoms with Crippen molar-refractivity contribution in [2.24, 2.45) is 0 Å². The molecule has 0 atom stereocenters. The van der Waals surface area contributed by atoms with Gasteiger partial charge in [-0.1, -0.05) is 6.07 Å². The van der Waals surface area contributed by atoms with Crippen LogP contribution in [0.2, 0.25) is 0 Å². The highest BCUT2D eigenvalue weighted by atomic mass is 16.2.